The Balaban J connectivity index is 2.60. The van der Waals surface area contributed by atoms with Crippen molar-refractivity contribution in [3.05, 3.63) is 29.8 Å². The molecule has 0 saturated carbocycles. The summed E-state index contributed by atoms with van der Waals surface area (Å²) >= 11 is 1.78. The van der Waals surface area contributed by atoms with Gasteiger partial charge in [-0.15, -0.1) is 24.1 Å². The van der Waals surface area contributed by atoms with Crippen LogP contribution in [0.25, 0.3) is 0 Å². The molecular weight excluding hydrogens is 190 g/mol. The van der Waals surface area contributed by atoms with Gasteiger partial charge in [0.05, 0.1) is 0 Å². The van der Waals surface area contributed by atoms with Crippen molar-refractivity contribution in [3.63, 3.8) is 0 Å². The third-order valence-electron chi connectivity index (χ3n) is 1.90. The number of hydrogen-bond donors (Lipinski definition) is 1. The lowest BCUT2D eigenvalue weighted by molar-refractivity contribution is 0.815. The molecule has 1 aromatic rings. The number of hydrogen-bond acceptors (Lipinski definition) is 2. The first-order valence-electron chi connectivity index (χ1n) is 4.66. The van der Waals surface area contributed by atoms with E-state index < -0.39 is 0 Å². The van der Waals surface area contributed by atoms with Crippen LogP contribution in [0.15, 0.2) is 29.2 Å². The monoisotopic (exact) mass is 205 g/mol. The summed E-state index contributed by atoms with van der Waals surface area (Å²) < 4.78 is 0. The number of benzene rings is 1. The molecule has 0 amide bonds. The quantitative estimate of drug-likeness (QED) is 0.465. The van der Waals surface area contributed by atoms with Crippen molar-refractivity contribution in [2.24, 2.45) is 5.73 Å². The molecule has 1 unspecified atom stereocenters. The molecule has 0 heterocycles. The van der Waals surface area contributed by atoms with Gasteiger partial charge in [0, 0.05) is 23.1 Å². The van der Waals surface area contributed by atoms with Crippen LogP contribution in [0.4, 0.5) is 0 Å². The molecule has 0 bridgehead atoms. The van der Waals surface area contributed by atoms with E-state index in [1.165, 1.54) is 10.5 Å². The highest BCUT2D eigenvalue weighted by molar-refractivity contribution is 7.99. The minimum absolute atomic E-state index is 0.100. The maximum atomic E-state index is 5.80. The molecule has 0 spiro atoms. The van der Waals surface area contributed by atoms with E-state index in [2.05, 4.69) is 24.1 Å². The first kappa shape index (κ1) is 11.2. The molecule has 0 aliphatic heterocycles. The molecular formula is C12H15NS. The van der Waals surface area contributed by atoms with Crippen LogP contribution >= 0.6 is 11.8 Å². The Labute approximate surface area is 90.1 Å². The minimum Gasteiger partial charge on any atom is -0.324 e. The number of nitrogens with two attached hydrogens (primary N) is 1. The van der Waals surface area contributed by atoms with Crippen molar-refractivity contribution in [3.8, 4) is 12.3 Å². The summed E-state index contributed by atoms with van der Waals surface area (Å²) in [5.41, 5.74) is 6.97. The predicted octanol–water partition coefficient (Wildman–Crippen LogP) is 2.82. The molecule has 1 atom stereocenters. The summed E-state index contributed by atoms with van der Waals surface area (Å²) in [6.07, 6.45) is 6.00. The summed E-state index contributed by atoms with van der Waals surface area (Å²) in [6, 6.07) is 8.41. The van der Waals surface area contributed by atoms with Crippen molar-refractivity contribution >= 4 is 11.8 Å². The molecule has 14 heavy (non-hydrogen) atoms. The zero-order valence-corrected chi connectivity index (χ0v) is 9.18. The summed E-state index contributed by atoms with van der Waals surface area (Å²) in [5.74, 6) is 3.60. The third-order valence-corrected chi connectivity index (χ3v) is 2.89. The number of terminal acetylenes is 1. The number of thioether (sulfide) groups is 1. The van der Waals surface area contributed by atoms with Gasteiger partial charge in [-0.25, -0.2) is 0 Å². The molecule has 2 N–H and O–H groups in total. The fraction of sp³-hybridized carbons (Fsp3) is 0.333. The molecule has 0 aliphatic rings. The molecule has 1 rings (SSSR count). The Hall–Kier alpha value is -0.910. The fourth-order valence-corrected chi connectivity index (χ4v) is 1.97. The normalized spacial score (nSPS) is 12.1. The van der Waals surface area contributed by atoms with Crippen LogP contribution < -0.4 is 5.73 Å². The SMILES string of the molecule is C#CCCSc1cccc(C(C)N)c1. The van der Waals surface area contributed by atoms with Crippen molar-refractivity contribution in [1.29, 1.82) is 0 Å². The summed E-state index contributed by atoms with van der Waals surface area (Å²) in [6.45, 7) is 1.99. The smallest absolute Gasteiger partial charge is 0.0266 e. The molecule has 0 saturated heterocycles. The number of rotatable bonds is 4. The van der Waals surface area contributed by atoms with Crippen molar-refractivity contribution in [2.75, 3.05) is 5.75 Å². The molecule has 0 radical (unpaired) electrons. The average Bonchev–Trinajstić information content (AvgIpc) is 2.19. The Bertz CT molecular complexity index is 325. The lowest BCUT2D eigenvalue weighted by Crippen LogP contribution is -2.04. The summed E-state index contributed by atoms with van der Waals surface area (Å²) in [5, 5.41) is 0. The molecule has 0 fully saturated rings. The zero-order valence-electron chi connectivity index (χ0n) is 8.36. The van der Waals surface area contributed by atoms with Crippen LogP contribution in [0.5, 0.6) is 0 Å². The van der Waals surface area contributed by atoms with Crippen molar-refractivity contribution in [1.82, 2.24) is 0 Å². The van der Waals surface area contributed by atoms with Crippen LogP contribution in [0.1, 0.15) is 24.9 Å². The van der Waals surface area contributed by atoms with E-state index >= 15 is 0 Å². The Morgan fingerprint density at radius 1 is 1.57 bits per heavy atom. The maximum Gasteiger partial charge on any atom is 0.0266 e. The Morgan fingerprint density at radius 3 is 3.00 bits per heavy atom. The molecule has 1 aromatic carbocycles. The molecule has 0 aliphatic carbocycles. The van der Waals surface area contributed by atoms with E-state index in [0.29, 0.717) is 0 Å². The van der Waals surface area contributed by atoms with Crippen LogP contribution in [0.3, 0.4) is 0 Å². The van der Waals surface area contributed by atoms with Crippen molar-refractivity contribution < 1.29 is 0 Å². The Kier molecular flexibility index (Phi) is 4.58. The summed E-state index contributed by atoms with van der Waals surface area (Å²) in [4.78, 5) is 1.25. The largest absolute Gasteiger partial charge is 0.324 e. The molecule has 0 aromatic heterocycles. The van der Waals surface area contributed by atoms with Gasteiger partial charge in [-0.3, -0.25) is 0 Å². The lowest BCUT2D eigenvalue weighted by Gasteiger charge is -2.07. The van der Waals surface area contributed by atoms with Gasteiger partial charge in [-0.2, -0.15) is 0 Å². The van der Waals surface area contributed by atoms with Gasteiger partial charge < -0.3 is 5.73 Å². The first-order chi connectivity index (χ1) is 6.74. The first-order valence-corrected chi connectivity index (χ1v) is 5.64. The van der Waals surface area contributed by atoms with Gasteiger partial charge >= 0.3 is 0 Å². The standard InChI is InChI=1S/C12H15NS/c1-3-4-8-14-12-7-5-6-11(9-12)10(2)13/h1,5-7,9-10H,4,8,13H2,2H3. The molecule has 1 nitrogen and oxygen atoms in total. The highest BCUT2D eigenvalue weighted by atomic mass is 32.2. The molecule has 2 heteroatoms. The Morgan fingerprint density at radius 2 is 2.36 bits per heavy atom. The van der Waals surface area contributed by atoms with E-state index in [1.807, 2.05) is 13.0 Å². The fourth-order valence-electron chi connectivity index (χ4n) is 1.12. The van der Waals surface area contributed by atoms with E-state index in [-0.39, 0.29) is 6.04 Å². The van der Waals surface area contributed by atoms with Crippen LogP contribution in [-0.2, 0) is 0 Å². The highest BCUT2D eigenvalue weighted by Crippen LogP contribution is 2.21. The van der Waals surface area contributed by atoms with Gasteiger partial charge in [-0.1, -0.05) is 12.1 Å². The van der Waals surface area contributed by atoms with Gasteiger partial charge in [-0.05, 0) is 24.6 Å². The summed E-state index contributed by atoms with van der Waals surface area (Å²) in [7, 11) is 0. The predicted molar refractivity (Wildman–Crippen MR) is 63.2 cm³/mol. The third kappa shape index (κ3) is 3.45. The zero-order chi connectivity index (χ0) is 10.4. The van der Waals surface area contributed by atoms with Crippen LogP contribution in [0, 0.1) is 12.3 Å². The van der Waals surface area contributed by atoms with Gasteiger partial charge in [0.1, 0.15) is 0 Å². The van der Waals surface area contributed by atoms with Gasteiger partial charge in [0.15, 0.2) is 0 Å². The molecule has 74 valence electrons. The highest BCUT2D eigenvalue weighted by Gasteiger charge is 2.00. The topological polar surface area (TPSA) is 26.0 Å². The second-order valence-corrected chi connectivity index (χ2v) is 4.33. The van der Waals surface area contributed by atoms with E-state index in [1.54, 1.807) is 11.8 Å². The van der Waals surface area contributed by atoms with Crippen LogP contribution in [-0.4, -0.2) is 5.75 Å². The van der Waals surface area contributed by atoms with Gasteiger partial charge in [0.2, 0.25) is 0 Å². The van der Waals surface area contributed by atoms with E-state index in [4.69, 9.17) is 12.2 Å². The minimum atomic E-state index is 0.100. The van der Waals surface area contributed by atoms with E-state index in [9.17, 15) is 0 Å². The van der Waals surface area contributed by atoms with Crippen LogP contribution in [0.2, 0.25) is 0 Å². The second kappa shape index (κ2) is 5.74. The maximum absolute atomic E-state index is 5.80. The average molecular weight is 205 g/mol. The van der Waals surface area contributed by atoms with E-state index in [0.717, 1.165) is 12.2 Å². The lowest BCUT2D eigenvalue weighted by atomic mass is 10.1. The van der Waals surface area contributed by atoms with Crippen molar-refractivity contribution in [2.45, 2.75) is 24.3 Å². The van der Waals surface area contributed by atoms with Gasteiger partial charge in [0.25, 0.3) is 0 Å². The second-order valence-electron chi connectivity index (χ2n) is 3.16.